The van der Waals surface area contributed by atoms with Gasteiger partial charge in [-0.15, -0.1) is 0 Å². The Kier molecular flexibility index (Phi) is 11.4. The minimum absolute atomic E-state index is 0.0216. The van der Waals surface area contributed by atoms with Crippen LogP contribution < -0.4 is 14.2 Å². The van der Waals surface area contributed by atoms with Gasteiger partial charge in [-0.05, 0) is 64.0 Å². The summed E-state index contributed by atoms with van der Waals surface area (Å²) in [5, 5.41) is 10.6. The zero-order valence-corrected chi connectivity index (χ0v) is 26.4. The van der Waals surface area contributed by atoms with Gasteiger partial charge in [0.1, 0.15) is 0 Å². The molecule has 0 aliphatic carbocycles. The Morgan fingerprint density at radius 3 is 2.49 bits per heavy atom. The van der Waals surface area contributed by atoms with Gasteiger partial charge in [-0.2, -0.15) is 0 Å². The highest BCUT2D eigenvalue weighted by atomic mass is 16.7. The molecule has 0 bridgehead atoms. The van der Waals surface area contributed by atoms with Crippen molar-refractivity contribution in [2.45, 2.75) is 51.0 Å². The fourth-order valence-electron chi connectivity index (χ4n) is 6.47. The van der Waals surface area contributed by atoms with Gasteiger partial charge < -0.3 is 38.9 Å². The number of carbonyl (C=O) groups excluding carboxylic acids is 2. The fraction of sp³-hybridized carbons (Fsp3) is 0.710. The molecule has 3 heterocycles. The van der Waals surface area contributed by atoms with Gasteiger partial charge in [0.05, 0.1) is 19.6 Å². The van der Waals surface area contributed by atoms with Crippen LogP contribution in [0.3, 0.4) is 0 Å². The van der Waals surface area contributed by atoms with Crippen molar-refractivity contribution < 1.29 is 33.7 Å². The highest BCUT2D eigenvalue weighted by Crippen LogP contribution is 2.47. The van der Waals surface area contributed by atoms with E-state index in [1.807, 2.05) is 36.0 Å². The maximum Gasteiger partial charge on any atom is 0.319 e. The molecule has 3 atom stereocenters. The maximum absolute atomic E-state index is 13.8. The summed E-state index contributed by atoms with van der Waals surface area (Å²) in [6, 6.07) is 3.19. The van der Waals surface area contributed by atoms with Crippen molar-refractivity contribution >= 4 is 17.9 Å². The van der Waals surface area contributed by atoms with E-state index in [0.29, 0.717) is 62.9 Å². The van der Waals surface area contributed by atoms with Crippen molar-refractivity contribution in [3.05, 3.63) is 17.7 Å². The summed E-state index contributed by atoms with van der Waals surface area (Å²) in [6.45, 7) is 6.76. The lowest BCUT2D eigenvalue weighted by atomic mass is 9.84. The number of ether oxygens (including phenoxy) is 3. The minimum Gasteiger partial charge on any atom is -0.493 e. The molecular weight excluding hydrogens is 554 g/mol. The number of unbranched alkanes of at least 4 members (excludes halogenated alkanes) is 2. The van der Waals surface area contributed by atoms with Crippen LogP contribution in [0, 0.1) is 5.92 Å². The summed E-state index contributed by atoms with van der Waals surface area (Å²) in [5.74, 6) is -0.547. The van der Waals surface area contributed by atoms with Crippen LogP contribution in [0.5, 0.6) is 17.2 Å². The topological polar surface area (TPSA) is 115 Å². The van der Waals surface area contributed by atoms with Crippen LogP contribution in [0.15, 0.2) is 12.1 Å². The van der Waals surface area contributed by atoms with Crippen LogP contribution in [0.2, 0.25) is 0 Å². The number of nitrogens with zero attached hydrogens (tertiary/aromatic N) is 5. The quantitative estimate of drug-likeness (QED) is 0.285. The van der Waals surface area contributed by atoms with Crippen LogP contribution in [0.1, 0.15) is 50.5 Å². The number of fused-ring (bicyclic) bond motifs is 1. The monoisotopic (exact) mass is 603 g/mol. The second kappa shape index (κ2) is 15.0. The molecule has 1 aromatic carbocycles. The van der Waals surface area contributed by atoms with E-state index in [-0.39, 0.29) is 25.3 Å². The predicted molar refractivity (Wildman–Crippen MR) is 162 cm³/mol. The average Bonchev–Trinajstić information content (AvgIpc) is 3.68. The third-order valence-corrected chi connectivity index (χ3v) is 8.90. The number of carboxylic acid groups (broad SMARTS) is 1. The van der Waals surface area contributed by atoms with E-state index >= 15 is 0 Å². The van der Waals surface area contributed by atoms with Crippen LogP contribution in [-0.4, -0.2) is 141 Å². The molecule has 0 aromatic heterocycles. The van der Waals surface area contributed by atoms with E-state index in [1.54, 1.807) is 24.0 Å². The third kappa shape index (κ3) is 7.83. The van der Waals surface area contributed by atoms with Crippen LogP contribution in [0.25, 0.3) is 0 Å². The average molecular weight is 604 g/mol. The number of likely N-dealkylation sites (tertiary alicyclic amines) is 1. The number of methoxy groups -OCH3 is 1. The summed E-state index contributed by atoms with van der Waals surface area (Å²) in [5.41, 5.74) is 0.775. The predicted octanol–water partition coefficient (Wildman–Crippen LogP) is 2.62. The lowest BCUT2D eigenvalue weighted by Gasteiger charge is -2.30. The first-order valence-corrected chi connectivity index (χ1v) is 15.5. The fourth-order valence-corrected chi connectivity index (χ4v) is 6.47. The minimum atomic E-state index is -0.919. The summed E-state index contributed by atoms with van der Waals surface area (Å²) >= 11 is 0. The van der Waals surface area contributed by atoms with Gasteiger partial charge in [-0.25, -0.2) is 4.79 Å². The Bertz CT molecular complexity index is 1130. The number of carboxylic acids is 1. The zero-order valence-electron chi connectivity index (χ0n) is 26.4. The van der Waals surface area contributed by atoms with Gasteiger partial charge in [0, 0.05) is 58.3 Å². The SMILES string of the molecule is CCCCN(CCCCN(C)C)C(=O)CN1C[C@H](c2cc(OC)c3c(c2)OCO3)C(C(=O)O)[C@@H]1CCN1CCN(C)C1=O. The zero-order chi connectivity index (χ0) is 31.1. The van der Waals surface area contributed by atoms with E-state index < -0.39 is 23.8 Å². The number of benzene rings is 1. The summed E-state index contributed by atoms with van der Waals surface area (Å²) < 4.78 is 16.8. The molecule has 1 N–H and O–H groups in total. The Balaban J connectivity index is 1.58. The number of hydrogen-bond acceptors (Lipinski definition) is 8. The molecule has 1 aromatic rings. The Hall–Kier alpha value is -3.25. The van der Waals surface area contributed by atoms with Gasteiger partial charge in [0.25, 0.3) is 0 Å². The molecule has 2 saturated heterocycles. The molecule has 2 fully saturated rings. The number of hydrogen-bond donors (Lipinski definition) is 1. The first-order chi connectivity index (χ1) is 20.6. The van der Waals surface area contributed by atoms with Crippen molar-refractivity contribution in [1.29, 1.82) is 0 Å². The lowest BCUT2D eigenvalue weighted by molar-refractivity contribution is -0.144. The number of likely N-dealkylation sites (N-methyl/N-ethyl adjacent to an activating group) is 1. The smallest absolute Gasteiger partial charge is 0.319 e. The van der Waals surface area contributed by atoms with Crippen LogP contribution in [0.4, 0.5) is 4.79 Å². The molecule has 0 saturated carbocycles. The third-order valence-electron chi connectivity index (χ3n) is 8.90. The molecule has 3 amide bonds. The van der Waals surface area contributed by atoms with Crippen LogP contribution in [-0.2, 0) is 9.59 Å². The molecule has 0 spiro atoms. The standard InChI is InChI=1S/C31H49N5O7/c1-6-7-12-34(13-9-8-11-32(2)3)27(37)20-36-19-23(22-17-25(41-5)29-26(18-22)42-21-43-29)28(30(38)39)24(36)10-14-35-16-15-33(4)31(35)40/h17-18,23-24,28H,6-16,19-21H2,1-5H3,(H,38,39)/t23-,24+,28?/m1/s1. The van der Waals surface area contributed by atoms with Crippen molar-refractivity contribution in [3.63, 3.8) is 0 Å². The number of carbonyl (C=O) groups is 3. The molecule has 43 heavy (non-hydrogen) atoms. The number of amides is 3. The summed E-state index contributed by atoms with van der Waals surface area (Å²) in [6.07, 6.45) is 4.29. The van der Waals surface area contributed by atoms with E-state index in [9.17, 15) is 19.5 Å². The molecule has 12 nitrogen and oxygen atoms in total. The van der Waals surface area contributed by atoms with Gasteiger partial charge >= 0.3 is 12.0 Å². The first-order valence-electron chi connectivity index (χ1n) is 15.5. The first kappa shape index (κ1) is 32.7. The molecular formula is C31H49N5O7. The maximum atomic E-state index is 13.8. The highest BCUT2D eigenvalue weighted by molar-refractivity contribution is 5.79. The number of urea groups is 1. The van der Waals surface area contributed by atoms with Gasteiger partial charge in [-0.3, -0.25) is 14.5 Å². The molecule has 1 unspecified atom stereocenters. The second-order valence-corrected chi connectivity index (χ2v) is 12.1. The van der Waals surface area contributed by atoms with E-state index in [0.717, 1.165) is 37.8 Å². The lowest BCUT2D eigenvalue weighted by Crippen LogP contribution is -2.46. The van der Waals surface area contributed by atoms with Crippen molar-refractivity contribution in [2.75, 3.05) is 87.4 Å². The normalized spacial score (nSPS) is 21.7. The van der Waals surface area contributed by atoms with Crippen molar-refractivity contribution in [2.24, 2.45) is 5.92 Å². The molecule has 240 valence electrons. The molecule has 0 radical (unpaired) electrons. The van der Waals surface area contributed by atoms with E-state index in [2.05, 4.69) is 11.8 Å². The highest BCUT2D eigenvalue weighted by Gasteiger charge is 2.48. The molecule has 3 aliphatic rings. The molecule has 12 heteroatoms. The summed E-state index contributed by atoms with van der Waals surface area (Å²) in [4.78, 5) is 48.9. The molecule has 4 rings (SSSR count). The number of aliphatic carboxylic acids is 1. The van der Waals surface area contributed by atoms with Crippen molar-refractivity contribution in [1.82, 2.24) is 24.5 Å². The summed E-state index contributed by atoms with van der Waals surface area (Å²) in [7, 11) is 7.42. The molecule has 3 aliphatic heterocycles. The van der Waals surface area contributed by atoms with E-state index in [1.165, 1.54) is 0 Å². The number of rotatable bonds is 16. The Morgan fingerprint density at radius 2 is 1.84 bits per heavy atom. The van der Waals surface area contributed by atoms with Crippen LogP contribution >= 0.6 is 0 Å². The van der Waals surface area contributed by atoms with Gasteiger partial charge in [0.15, 0.2) is 11.5 Å². The van der Waals surface area contributed by atoms with Crippen molar-refractivity contribution in [3.8, 4) is 17.2 Å². The largest absolute Gasteiger partial charge is 0.493 e. The Labute approximate surface area is 255 Å². The second-order valence-electron chi connectivity index (χ2n) is 12.1. The Morgan fingerprint density at radius 1 is 1.09 bits per heavy atom. The van der Waals surface area contributed by atoms with E-state index in [4.69, 9.17) is 14.2 Å². The van der Waals surface area contributed by atoms with Gasteiger partial charge in [0.2, 0.25) is 18.4 Å². The van der Waals surface area contributed by atoms with Gasteiger partial charge in [-0.1, -0.05) is 13.3 Å².